The minimum absolute atomic E-state index is 0.100. The molecule has 6 heteroatoms. The fourth-order valence-electron chi connectivity index (χ4n) is 2.87. The quantitative estimate of drug-likeness (QED) is 0.460. The Morgan fingerprint density at radius 3 is 2.50 bits per heavy atom. The highest BCUT2D eigenvalue weighted by Gasteiger charge is 2.07. The standard InChI is InChI=1S/C22H16ClFN2O2/c23-16-3-8-19(9-4-16)28-13-22(27)25-18-6-1-14(2-7-18)21-12-15-11-17(24)5-10-20(15)26-21/h1-12,26H,13H2,(H,25,27). The molecule has 0 spiro atoms. The molecule has 4 aromatic rings. The molecular formula is C22H16ClFN2O2. The summed E-state index contributed by atoms with van der Waals surface area (Å²) < 4.78 is 18.8. The second-order valence-electron chi connectivity index (χ2n) is 6.28. The molecule has 0 radical (unpaired) electrons. The maximum atomic E-state index is 13.3. The molecule has 3 aromatic carbocycles. The number of hydrogen-bond acceptors (Lipinski definition) is 2. The molecule has 0 unspecified atom stereocenters. The number of aromatic nitrogens is 1. The zero-order valence-corrected chi connectivity index (χ0v) is 15.5. The average Bonchev–Trinajstić information content (AvgIpc) is 3.11. The molecular weight excluding hydrogens is 379 g/mol. The van der Waals surface area contributed by atoms with E-state index in [1.165, 1.54) is 12.1 Å². The predicted octanol–water partition coefficient (Wildman–Crippen LogP) is 5.64. The van der Waals surface area contributed by atoms with E-state index in [1.807, 2.05) is 30.3 Å². The molecule has 1 heterocycles. The van der Waals surface area contributed by atoms with Crippen LogP contribution in [0.15, 0.2) is 72.8 Å². The second kappa shape index (κ2) is 7.74. The number of halogens is 2. The minimum Gasteiger partial charge on any atom is -0.484 e. The van der Waals surface area contributed by atoms with Gasteiger partial charge in [-0.05, 0) is 66.2 Å². The molecule has 2 N–H and O–H groups in total. The molecule has 0 saturated carbocycles. The number of H-pyrrole nitrogens is 1. The van der Waals surface area contributed by atoms with Crippen LogP contribution in [0.4, 0.5) is 10.1 Å². The molecule has 0 aliphatic rings. The number of amides is 1. The molecule has 0 aliphatic carbocycles. The number of benzene rings is 3. The van der Waals surface area contributed by atoms with Crippen molar-refractivity contribution in [2.24, 2.45) is 0 Å². The van der Waals surface area contributed by atoms with Crippen molar-refractivity contribution in [3.05, 3.63) is 83.6 Å². The van der Waals surface area contributed by atoms with Gasteiger partial charge in [-0.2, -0.15) is 0 Å². The van der Waals surface area contributed by atoms with E-state index in [9.17, 15) is 9.18 Å². The Labute approximate surface area is 165 Å². The SMILES string of the molecule is O=C(COc1ccc(Cl)cc1)Nc1ccc(-c2cc3cc(F)ccc3[nH]2)cc1. The Hall–Kier alpha value is -3.31. The van der Waals surface area contributed by atoms with Gasteiger partial charge in [-0.15, -0.1) is 0 Å². The average molecular weight is 395 g/mol. The summed E-state index contributed by atoms with van der Waals surface area (Å²) in [5.41, 5.74) is 3.35. The summed E-state index contributed by atoms with van der Waals surface area (Å²) >= 11 is 5.81. The third-order valence-corrected chi connectivity index (χ3v) is 4.50. The van der Waals surface area contributed by atoms with Crippen LogP contribution in [0.5, 0.6) is 5.75 Å². The number of anilines is 1. The number of hydrogen-bond donors (Lipinski definition) is 2. The highest BCUT2D eigenvalue weighted by molar-refractivity contribution is 6.30. The van der Waals surface area contributed by atoms with Crippen LogP contribution in [-0.2, 0) is 4.79 Å². The van der Waals surface area contributed by atoms with Crippen LogP contribution in [0.2, 0.25) is 5.02 Å². The maximum Gasteiger partial charge on any atom is 0.262 e. The molecule has 28 heavy (non-hydrogen) atoms. The van der Waals surface area contributed by atoms with Crippen LogP contribution < -0.4 is 10.1 Å². The summed E-state index contributed by atoms with van der Waals surface area (Å²) in [6.45, 7) is -0.100. The smallest absolute Gasteiger partial charge is 0.262 e. The molecule has 4 rings (SSSR count). The Morgan fingerprint density at radius 1 is 1.00 bits per heavy atom. The van der Waals surface area contributed by atoms with Crippen LogP contribution in [0.3, 0.4) is 0 Å². The van der Waals surface area contributed by atoms with Gasteiger partial charge in [0.2, 0.25) is 0 Å². The van der Waals surface area contributed by atoms with E-state index < -0.39 is 0 Å². The maximum absolute atomic E-state index is 13.3. The molecule has 0 atom stereocenters. The van der Waals surface area contributed by atoms with Gasteiger partial charge in [0.1, 0.15) is 11.6 Å². The molecule has 0 aliphatic heterocycles. The van der Waals surface area contributed by atoms with E-state index in [-0.39, 0.29) is 18.3 Å². The molecule has 0 saturated heterocycles. The lowest BCUT2D eigenvalue weighted by atomic mass is 10.1. The predicted molar refractivity (Wildman–Crippen MR) is 109 cm³/mol. The van der Waals surface area contributed by atoms with E-state index in [2.05, 4.69) is 10.3 Å². The Kier molecular flexibility index (Phi) is 5.00. The van der Waals surface area contributed by atoms with Crippen LogP contribution >= 0.6 is 11.6 Å². The minimum atomic E-state index is -0.267. The fraction of sp³-hybridized carbons (Fsp3) is 0.0455. The van der Waals surface area contributed by atoms with Crippen molar-refractivity contribution in [3.63, 3.8) is 0 Å². The summed E-state index contributed by atoms with van der Waals surface area (Å²) in [5.74, 6) is 0.0471. The first kappa shape index (κ1) is 18.1. The number of fused-ring (bicyclic) bond motifs is 1. The zero-order chi connectivity index (χ0) is 19.5. The summed E-state index contributed by atoms with van der Waals surface area (Å²) in [5, 5.41) is 4.21. The van der Waals surface area contributed by atoms with E-state index in [4.69, 9.17) is 16.3 Å². The Morgan fingerprint density at radius 2 is 1.75 bits per heavy atom. The summed E-state index contributed by atoms with van der Waals surface area (Å²) in [6, 6.07) is 20.7. The van der Waals surface area contributed by atoms with E-state index in [1.54, 1.807) is 30.3 Å². The van der Waals surface area contributed by atoms with Crippen LogP contribution in [0, 0.1) is 5.82 Å². The molecule has 0 fully saturated rings. The van der Waals surface area contributed by atoms with Crippen LogP contribution in [-0.4, -0.2) is 17.5 Å². The highest BCUT2D eigenvalue weighted by Crippen LogP contribution is 2.26. The second-order valence-corrected chi connectivity index (χ2v) is 6.72. The molecule has 140 valence electrons. The Balaban J connectivity index is 1.39. The lowest BCUT2D eigenvalue weighted by Gasteiger charge is -2.08. The van der Waals surface area contributed by atoms with Gasteiger partial charge in [-0.1, -0.05) is 23.7 Å². The summed E-state index contributed by atoms with van der Waals surface area (Å²) in [6.07, 6.45) is 0. The van der Waals surface area contributed by atoms with Gasteiger partial charge >= 0.3 is 0 Å². The number of rotatable bonds is 5. The highest BCUT2D eigenvalue weighted by atomic mass is 35.5. The molecule has 1 amide bonds. The molecule has 1 aromatic heterocycles. The monoisotopic (exact) mass is 394 g/mol. The van der Waals surface area contributed by atoms with Crippen molar-refractivity contribution in [3.8, 4) is 17.0 Å². The normalized spacial score (nSPS) is 10.8. The first-order valence-electron chi connectivity index (χ1n) is 8.64. The zero-order valence-electron chi connectivity index (χ0n) is 14.7. The van der Waals surface area contributed by atoms with Crippen molar-refractivity contribution in [2.75, 3.05) is 11.9 Å². The first-order chi connectivity index (χ1) is 13.6. The van der Waals surface area contributed by atoms with Crippen LogP contribution in [0.25, 0.3) is 22.2 Å². The first-order valence-corrected chi connectivity index (χ1v) is 9.01. The van der Waals surface area contributed by atoms with Gasteiger partial charge in [-0.25, -0.2) is 4.39 Å². The van der Waals surface area contributed by atoms with E-state index in [0.717, 1.165) is 22.2 Å². The van der Waals surface area contributed by atoms with E-state index in [0.29, 0.717) is 16.5 Å². The summed E-state index contributed by atoms with van der Waals surface area (Å²) in [7, 11) is 0. The lowest BCUT2D eigenvalue weighted by Crippen LogP contribution is -2.20. The largest absolute Gasteiger partial charge is 0.484 e. The number of carbonyl (C=O) groups excluding carboxylic acids is 1. The number of aromatic amines is 1. The van der Waals surface area contributed by atoms with Crippen molar-refractivity contribution in [1.82, 2.24) is 4.98 Å². The van der Waals surface area contributed by atoms with Crippen molar-refractivity contribution >= 4 is 34.1 Å². The summed E-state index contributed by atoms with van der Waals surface area (Å²) in [4.78, 5) is 15.3. The van der Waals surface area contributed by atoms with Gasteiger partial charge < -0.3 is 15.0 Å². The van der Waals surface area contributed by atoms with Crippen molar-refractivity contribution < 1.29 is 13.9 Å². The third kappa shape index (κ3) is 4.15. The number of carbonyl (C=O) groups is 1. The third-order valence-electron chi connectivity index (χ3n) is 4.25. The van der Waals surface area contributed by atoms with Gasteiger partial charge in [0.05, 0.1) is 0 Å². The van der Waals surface area contributed by atoms with Gasteiger partial charge in [-0.3, -0.25) is 4.79 Å². The topological polar surface area (TPSA) is 54.1 Å². The fourth-order valence-corrected chi connectivity index (χ4v) is 2.99. The van der Waals surface area contributed by atoms with E-state index >= 15 is 0 Å². The number of ether oxygens (including phenoxy) is 1. The number of nitrogens with one attached hydrogen (secondary N) is 2. The van der Waals surface area contributed by atoms with Crippen LogP contribution in [0.1, 0.15) is 0 Å². The van der Waals surface area contributed by atoms with Gasteiger partial charge in [0, 0.05) is 27.3 Å². The molecule has 4 nitrogen and oxygen atoms in total. The van der Waals surface area contributed by atoms with Gasteiger partial charge in [0.25, 0.3) is 5.91 Å². The Bertz CT molecular complexity index is 1120. The van der Waals surface area contributed by atoms with Crippen molar-refractivity contribution in [1.29, 1.82) is 0 Å². The molecule has 0 bridgehead atoms. The lowest BCUT2D eigenvalue weighted by molar-refractivity contribution is -0.118. The van der Waals surface area contributed by atoms with Crippen molar-refractivity contribution in [2.45, 2.75) is 0 Å². The van der Waals surface area contributed by atoms with Gasteiger partial charge in [0.15, 0.2) is 6.61 Å².